The molecule has 0 spiro atoms. The number of benzene rings is 2. The van der Waals surface area contributed by atoms with Crippen LogP contribution in [0, 0.1) is 11.7 Å². The number of hydrogen-bond acceptors (Lipinski definition) is 7. The van der Waals surface area contributed by atoms with Crippen LogP contribution in [-0.4, -0.2) is 60.7 Å². The molecule has 184 valence electrons. The summed E-state index contributed by atoms with van der Waals surface area (Å²) in [4.78, 5) is 26.2. The number of piperazine rings is 1. The van der Waals surface area contributed by atoms with Crippen LogP contribution < -0.4 is 20.1 Å². The predicted octanol–water partition coefficient (Wildman–Crippen LogP) is 3.21. The molecule has 1 aliphatic carbocycles. The summed E-state index contributed by atoms with van der Waals surface area (Å²) in [6.45, 7) is 3.66. The van der Waals surface area contributed by atoms with Crippen LogP contribution in [0.25, 0.3) is 10.9 Å². The van der Waals surface area contributed by atoms with E-state index in [0.717, 1.165) is 19.3 Å². The van der Waals surface area contributed by atoms with Crippen molar-refractivity contribution in [1.29, 1.82) is 0 Å². The molecule has 2 atom stereocenters. The molecule has 35 heavy (non-hydrogen) atoms. The van der Waals surface area contributed by atoms with Crippen LogP contribution in [0.1, 0.15) is 24.5 Å². The standard InChI is InChI=1S/C26H30FN5O3/c1-15-14-31(25(33)18-9-8-16-6-4-5-7-17(16)12-18)10-11-32(15)26-29-22-19(24(28)30-26)13-20(34-2)23(35-3)21(22)27/h4-7,13,15,18H,8-12,14H2,1-3H3,(H2,28,29,30). The van der Waals surface area contributed by atoms with Crippen molar-refractivity contribution in [3.05, 3.63) is 47.3 Å². The maximum Gasteiger partial charge on any atom is 0.228 e. The number of aromatic nitrogens is 2. The number of carbonyl (C=O) groups excluding carboxylic acids is 1. The van der Waals surface area contributed by atoms with Crippen molar-refractivity contribution >= 4 is 28.6 Å². The molecule has 8 nitrogen and oxygen atoms in total. The minimum absolute atomic E-state index is 0.00718. The first-order valence-electron chi connectivity index (χ1n) is 11.9. The van der Waals surface area contributed by atoms with E-state index < -0.39 is 5.82 Å². The lowest BCUT2D eigenvalue weighted by molar-refractivity contribution is -0.136. The van der Waals surface area contributed by atoms with Gasteiger partial charge in [-0.25, -0.2) is 9.37 Å². The van der Waals surface area contributed by atoms with Crippen LogP contribution in [0.5, 0.6) is 11.5 Å². The fourth-order valence-corrected chi connectivity index (χ4v) is 5.29. The molecular formula is C26H30FN5O3. The first-order chi connectivity index (χ1) is 16.9. The highest BCUT2D eigenvalue weighted by atomic mass is 19.1. The van der Waals surface area contributed by atoms with Crippen LogP contribution >= 0.6 is 0 Å². The van der Waals surface area contributed by atoms with E-state index in [0.29, 0.717) is 31.0 Å². The van der Waals surface area contributed by atoms with Crippen molar-refractivity contribution in [3.8, 4) is 11.5 Å². The molecule has 1 aliphatic heterocycles. The minimum Gasteiger partial charge on any atom is -0.493 e. The number of nitrogens with zero attached hydrogens (tertiary/aromatic N) is 4. The van der Waals surface area contributed by atoms with Gasteiger partial charge in [-0.3, -0.25) is 4.79 Å². The van der Waals surface area contributed by atoms with Gasteiger partial charge in [0.2, 0.25) is 11.9 Å². The molecule has 2 aliphatic rings. The van der Waals surface area contributed by atoms with Gasteiger partial charge in [0.25, 0.3) is 0 Å². The quantitative estimate of drug-likeness (QED) is 0.614. The molecule has 0 bridgehead atoms. The number of halogens is 1. The Balaban J connectivity index is 1.35. The maximum absolute atomic E-state index is 15.2. The Morgan fingerprint density at radius 2 is 1.91 bits per heavy atom. The van der Waals surface area contributed by atoms with Crippen LogP contribution in [0.2, 0.25) is 0 Å². The monoisotopic (exact) mass is 479 g/mol. The van der Waals surface area contributed by atoms with E-state index in [9.17, 15) is 4.79 Å². The molecule has 0 saturated carbocycles. The lowest BCUT2D eigenvalue weighted by atomic mass is 9.83. The second kappa shape index (κ2) is 9.20. The summed E-state index contributed by atoms with van der Waals surface area (Å²) in [5, 5.41) is 0.364. The number of ether oxygens (including phenoxy) is 2. The van der Waals surface area contributed by atoms with Crippen LogP contribution in [0.3, 0.4) is 0 Å². The molecule has 1 saturated heterocycles. The van der Waals surface area contributed by atoms with Gasteiger partial charge in [0.1, 0.15) is 11.3 Å². The number of nitrogen functional groups attached to an aromatic ring is 1. The molecule has 1 aromatic heterocycles. The lowest BCUT2D eigenvalue weighted by Crippen LogP contribution is -2.55. The fourth-order valence-electron chi connectivity index (χ4n) is 5.29. The predicted molar refractivity (Wildman–Crippen MR) is 132 cm³/mol. The van der Waals surface area contributed by atoms with Gasteiger partial charge in [-0.1, -0.05) is 24.3 Å². The van der Waals surface area contributed by atoms with Gasteiger partial charge in [-0.2, -0.15) is 4.98 Å². The topological polar surface area (TPSA) is 93.8 Å². The van der Waals surface area contributed by atoms with Gasteiger partial charge in [-0.05, 0) is 43.4 Å². The zero-order chi connectivity index (χ0) is 24.7. The number of methoxy groups -OCH3 is 2. The Kier molecular flexibility index (Phi) is 6.08. The number of nitrogens with two attached hydrogens (primary N) is 1. The number of hydrogen-bond donors (Lipinski definition) is 1. The molecule has 1 amide bonds. The molecular weight excluding hydrogens is 449 g/mol. The largest absolute Gasteiger partial charge is 0.493 e. The SMILES string of the molecule is COc1cc2c(N)nc(N3CCN(C(=O)C4CCc5ccccc5C4)CC3C)nc2c(F)c1OC. The Morgan fingerprint density at radius 3 is 2.63 bits per heavy atom. The van der Waals surface area contributed by atoms with Gasteiger partial charge in [0.05, 0.1) is 14.2 Å². The van der Waals surface area contributed by atoms with Gasteiger partial charge < -0.3 is 25.0 Å². The van der Waals surface area contributed by atoms with E-state index in [1.807, 2.05) is 22.8 Å². The highest BCUT2D eigenvalue weighted by molar-refractivity contribution is 5.92. The number of amides is 1. The minimum atomic E-state index is -0.642. The van der Waals surface area contributed by atoms with Crippen LogP contribution in [0.4, 0.5) is 16.2 Å². The molecule has 5 rings (SSSR count). The Hall–Kier alpha value is -3.62. The van der Waals surface area contributed by atoms with E-state index >= 15 is 4.39 Å². The first kappa shape index (κ1) is 23.1. The molecule has 2 N–H and O–H groups in total. The van der Waals surface area contributed by atoms with E-state index in [2.05, 4.69) is 28.2 Å². The zero-order valence-corrected chi connectivity index (χ0v) is 20.3. The van der Waals surface area contributed by atoms with Crippen molar-refractivity contribution in [2.45, 2.75) is 32.2 Å². The number of fused-ring (bicyclic) bond motifs is 2. The Bertz CT molecular complexity index is 1280. The van der Waals surface area contributed by atoms with Crippen molar-refractivity contribution in [3.63, 3.8) is 0 Å². The Labute approximate surface area is 203 Å². The molecule has 3 aromatic rings. The average Bonchev–Trinajstić information content (AvgIpc) is 2.88. The van der Waals surface area contributed by atoms with Gasteiger partial charge in [-0.15, -0.1) is 0 Å². The molecule has 2 aromatic carbocycles. The molecule has 2 heterocycles. The summed E-state index contributed by atoms with van der Waals surface area (Å²) in [6.07, 6.45) is 2.60. The number of rotatable bonds is 4. The van der Waals surface area contributed by atoms with E-state index in [1.165, 1.54) is 25.3 Å². The summed E-state index contributed by atoms with van der Waals surface area (Å²) < 4.78 is 25.6. The average molecular weight is 480 g/mol. The van der Waals surface area contributed by atoms with E-state index in [-0.39, 0.29) is 40.7 Å². The third-order valence-corrected chi connectivity index (χ3v) is 7.19. The summed E-state index contributed by atoms with van der Waals surface area (Å²) in [5.41, 5.74) is 8.91. The maximum atomic E-state index is 15.2. The van der Waals surface area contributed by atoms with Gasteiger partial charge in [0.15, 0.2) is 17.3 Å². The lowest BCUT2D eigenvalue weighted by Gasteiger charge is -2.41. The third kappa shape index (κ3) is 4.09. The number of anilines is 2. The summed E-state index contributed by atoms with van der Waals surface area (Å²) in [5.74, 6) is 0.272. The smallest absolute Gasteiger partial charge is 0.228 e. The summed E-state index contributed by atoms with van der Waals surface area (Å²) in [7, 11) is 2.81. The third-order valence-electron chi connectivity index (χ3n) is 7.19. The zero-order valence-electron chi connectivity index (χ0n) is 20.3. The first-order valence-corrected chi connectivity index (χ1v) is 11.9. The van der Waals surface area contributed by atoms with Gasteiger partial charge >= 0.3 is 0 Å². The van der Waals surface area contributed by atoms with Gasteiger partial charge in [0, 0.05) is 37.0 Å². The molecule has 9 heteroatoms. The normalized spacial score (nSPS) is 20.0. The summed E-state index contributed by atoms with van der Waals surface area (Å²) in [6, 6.07) is 9.90. The van der Waals surface area contributed by atoms with Crippen molar-refractivity contribution in [2.24, 2.45) is 5.92 Å². The highest BCUT2D eigenvalue weighted by Gasteiger charge is 2.34. The fraction of sp³-hybridized carbons (Fsp3) is 0.423. The summed E-state index contributed by atoms with van der Waals surface area (Å²) >= 11 is 0. The Morgan fingerprint density at radius 1 is 1.14 bits per heavy atom. The van der Waals surface area contributed by atoms with Crippen LogP contribution in [0.15, 0.2) is 30.3 Å². The van der Waals surface area contributed by atoms with E-state index in [1.54, 1.807) is 6.07 Å². The van der Waals surface area contributed by atoms with Crippen LogP contribution in [-0.2, 0) is 17.6 Å². The molecule has 1 fully saturated rings. The van der Waals surface area contributed by atoms with Crippen molar-refractivity contribution in [2.75, 3.05) is 44.5 Å². The second-order valence-electron chi connectivity index (χ2n) is 9.27. The van der Waals surface area contributed by atoms with Crippen molar-refractivity contribution in [1.82, 2.24) is 14.9 Å². The second-order valence-corrected chi connectivity index (χ2v) is 9.27. The highest BCUT2D eigenvalue weighted by Crippen LogP contribution is 2.38. The molecule has 2 unspecified atom stereocenters. The van der Waals surface area contributed by atoms with E-state index in [4.69, 9.17) is 15.2 Å². The molecule has 0 radical (unpaired) electrons. The number of carbonyl (C=O) groups is 1. The van der Waals surface area contributed by atoms with Crippen molar-refractivity contribution < 1.29 is 18.7 Å². The number of aryl methyl sites for hydroxylation is 1.